The minimum atomic E-state index is -0.606. The highest BCUT2D eigenvalue weighted by Crippen LogP contribution is 2.30. The number of amides is 2. The van der Waals surface area contributed by atoms with E-state index >= 15 is 0 Å². The second kappa shape index (κ2) is 7.71. The lowest BCUT2D eigenvalue weighted by Crippen LogP contribution is -2.27. The first-order valence-electron chi connectivity index (χ1n) is 9.40. The second-order valence-electron chi connectivity index (χ2n) is 7.04. The summed E-state index contributed by atoms with van der Waals surface area (Å²) in [6.45, 7) is 1.76. The molecule has 4 rings (SSSR count). The van der Waals surface area contributed by atoms with E-state index in [4.69, 9.17) is 0 Å². The van der Waals surface area contributed by atoms with Crippen molar-refractivity contribution in [1.29, 1.82) is 0 Å². The lowest BCUT2D eigenvalue weighted by atomic mass is 10.2. The van der Waals surface area contributed by atoms with Crippen LogP contribution >= 0.6 is 0 Å². The van der Waals surface area contributed by atoms with Crippen molar-refractivity contribution >= 4 is 23.2 Å². The Labute approximate surface area is 167 Å². The normalized spacial score (nSPS) is 13.0. The number of rotatable bonds is 5. The smallest absolute Gasteiger partial charge is 0.280 e. The van der Waals surface area contributed by atoms with Crippen molar-refractivity contribution in [3.8, 4) is 5.69 Å². The van der Waals surface area contributed by atoms with Crippen molar-refractivity contribution in [3.05, 3.63) is 82.3 Å². The number of hydrogen-bond donors (Lipinski definition) is 2. The van der Waals surface area contributed by atoms with Crippen LogP contribution in [0.1, 0.15) is 29.0 Å². The van der Waals surface area contributed by atoms with Crippen LogP contribution in [0.15, 0.2) is 65.5 Å². The fourth-order valence-corrected chi connectivity index (χ4v) is 2.99. The molecule has 7 heteroatoms. The summed E-state index contributed by atoms with van der Waals surface area (Å²) in [5.41, 5.74) is 1.79. The van der Waals surface area contributed by atoms with Crippen molar-refractivity contribution in [2.75, 3.05) is 10.6 Å². The lowest BCUT2D eigenvalue weighted by Gasteiger charge is -2.12. The number of benzene rings is 2. The molecule has 1 saturated carbocycles. The maximum Gasteiger partial charge on any atom is 0.280 e. The van der Waals surface area contributed by atoms with Crippen LogP contribution in [-0.4, -0.2) is 21.6 Å². The number of aryl methyl sites for hydroxylation is 1. The molecule has 2 aromatic carbocycles. The predicted octanol–water partition coefficient (Wildman–Crippen LogP) is 3.14. The van der Waals surface area contributed by atoms with Crippen LogP contribution < -0.4 is 16.1 Å². The van der Waals surface area contributed by atoms with Crippen LogP contribution in [0.4, 0.5) is 11.4 Å². The van der Waals surface area contributed by atoms with E-state index < -0.39 is 11.3 Å². The first-order valence-corrected chi connectivity index (χ1v) is 9.40. The van der Waals surface area contributed by atoms with Gasteiger partial charge in [-0.15, -0.1) is 0 Å². The van der Waals surface area contributed by atoms with Crippen LogP contribution in [0, 0.1) is 12.8 Å². The molecule has 1 fully saturated rings. The third-order valence-electron chi connectivity index (χ3n) is 4.66. The average molecular weight is 388 g/mol. The van der Waals surface area contributed by atoms with Gasteiger partial charge in [0.15, 0.2) is 5.69 Å². The fraction of sp³-hybridized carbons (Fsp3) is 0.182. The molecule has 2 amide bonds. The van der Waals surface area contributed by atoms with E-state index in [1.54, 1.807) is 35.9 Å². The molecule has 0 spiro atoms. The minimum absolute atomic E-state index is 0.0144. The van der Waals surface area contributed by atoms with E-state index in [0.29, 0.717) is 17.1 Å². The van der Waals surface area contributed by atoms with Crippen LogP contribution in [-0.2, 0) is 4.79 Å². The molecule has 146 valence electrons. The number of para-hydroxylation sites is 1. The first-order chi connectivity index (χ1) is 14.0. The molecule has 1 heterocycles. The summed E-state index contributed by atoms with van der Waals surface area (Å²) in [5, 5.41) is 9.79. The predicted molar refractivity (Wildman–Crippen MR) is 110 cm³/mol. The Morgan fingerprint density at radius 1 is 0.966 bits per heavy atom. The molecule has 1 aliphatic carbocycles. The summed E-state index contributed by atoms with van der Waals surface area (Å²) in [7, 11) is 0. The SMILES string of the molecule is Cc1cc(=O)c(C(=O)Nc2cccc(NC(=O)C3CC3)c2)nn1-c1ccccc1. The van der Waals surface area contributed by atoms with Gasteiger partial charge in [0.2, 0.25) is 11.3 Å². The molecule has 0 saturated heterocycles. The average Bonchev–Trinajstić information content (AvgIpc) is 3.54. The standard InChI is InChI=1S/C22H20N4O3/c1-14-12-19(27)20(25-26(14)18-8-3-2-4-9-18)22(29)24-17-7-5-6-16(13-17)23-21(28)15-10-11-15/h2-9,12-13,15H,10-11H2,1H3,(H,23,28)(H,24,29). The summed E-state index contributed by atoms with van der Waals surface area (Å²) in [6.07, 6.45) is 1.82. The summed E-state index contributed by atoms with van der Waals surface area (Å²) in [4.78, 5) is 37.0. The Kier molecular flexibility index (Phi) is 4.95. The minimum Gasteiger partial charge on any atom is -0.326 e. The molecular formula is C22H20N4O3. The lowest BCUT2D eigenvalue weighted by molar-refractivity contribution is -0.117. The van der Waals surface area contributed by atoms with Gasteiger partial charge in [-0.2, -0.15) is 5.10 Å². The van der Waals surface area contributed by atoms with Gasteiger partial charge in [0.05, 0.1) is 5.69 Å². The largest absolute Gasteiger partial charge is 0.326 e. The van der Waals surface area contributed by atoms with Gasteiger partial charge in [0, 0.05) is 29.1 Å². The molecule has 29 heavy (non-hydrogen) atoms. The number of hydrogen-bond acceptors (Lipinski definition) is 4. The van der Waals surface area contributed by atoms with Crippen molar-refractivity contribution in [3.63, 3.8) is 0 Å². The van der Waals surface area contributed by atoms with E-state index in [1.165, 1.54) is 6.07 Å². The van der Waals surface area contributed by atoms with E-state index in [2.05, 4.69) is 15.7 Å². The monoisotopic (exact) mass is 388 g/mol. The van der Waals surface area contributed by atoms with Gasteiger partial charge in [-0.25, -0.2) is 4.68 Å². The van der Waals surface area contributed by atoms with Gasteiger partial charge in [-0.3, -0.25) is 14.4 Å². The molecule has 0 atom stereocenters. The van der Waals surface area contributed by atoms with Crippen LogP contribution in [0.25, 0.3) is 5.69 Å². The third-order valence-corrected chi connectivity index (χ3v) is 4.66. The molecule has 7 nitrogen and oxygen atoms in total. The molecule has 0 radical (unpaired) electrons. The highest BCUT2D eigenvalue weighted by molar-refractivity contribution is 6.03. The summed E-state index contributed by atoms with van der Waals surface area (Å²) >= 11 is 0. The van der Waals surface area contributed by atoms with E-state index in [0.717, 1.165) is 18.5 Å². The Hall–Kier alpha value is -3.74. The highest BCUT2D eigenvalue weighted by atomic mass is 16.2. The molecule has 2 N–H and O–H groups in total. The number of nitrogens with one attached hydrogen (secondary N) is 2. The van der Waals surface area contributed by atoms with Gasteiger partial charge < -0.3 is 10.6 Å². The number of anilines is 2. The van der Waals surface area contributed by atoms with Crippen molar-refractivity contribution < 1.29 is 9.59 Å². The number of carbonyl (C=O) groups excluding carboxylic acids is 2. The van der Waals surface area contributed by atoms with Crippen LogP contribution in [0.5, 0.6) is 0 Å². The zero-order chi connectivity index (χ0) is 20.4. The van der Waals surface area contributed by atoms with Gasteiger partial charge in [0.25, 0.3) is 5.91 Å². The molecule has 1 aromatic heterocycles. The molecule has 0 unspecified atom stereocenters. The van der Waals surface area contributed by atoms with Gasteiger partial charge >= 0.3 is 0 Å². The summed E-state index contributed by atoms with van der Waals surface area (Å²) in [5.74, 6) is -0.536. The van der Waals surface area contributed by atoms with Gasteiger partial charge in [0.1, 0.15) is 0 Å². The highest BCUT2D eigenvalue weighted by Gasteiger charge is 2.29. The number of aromatic nitrogens is 2. The zero-order valence-electron chi connectivity index (χ0n) is 15.9. The first kappa shape index (κ1) is 18.6. The van der Waals surface area contributed by atoms with Gasteiger partial charge in [-0.1, -0.05) is 24.3 Å². The molecule has 0 aliphatic heterocycles. The zero-order valence-corrected chi connectivity index (χ0v) is 15.9. The third kappa shape index (κ3) is 4.24. The topological polar surface area (TPSA) is 93.1 Å². The molecular weight excluding hydrogens is 368 g/mol. The number of nitrogens with zero attached hydrogens (tertiary/aromatic N) is 2. The Morgan fingerprint density at radius 3 is 2.34 bits per heavy atom. The Morgan fingerprint density at radius 2 is 1.66 bits per heavy atom. The van der Waals surface area contributed by atoms with Crippen molar-refractivity contribution in [2.24, 2.45) is 5.92 Å². The number of carbonyl (C=O) groups is 2. The van der Waals surface area contributed by atoms with Crippen LogP contribution in [0.3, 0.4) is 0 Å². The molecule has 0 bridgehead atoms. The van der Waals surface area contributed by atoms with Crippen molar-refractivity contribution in [1.82, 2.24) is 9.78 Å². The maximum atomic E-state index is 12.7. The Bertz CT molecular complexity index is 1130. The second-order valence-corrected chi connectivity index (χ2v) is 7.04. The van der Waals surface area contributed by atoms with E-state index in [-0.39, 0.29) is 17.5 Å². The van der Waals surface area contributed by atoms with Crippen LogP contribution in [0.2, 0.25) is 0 Å². The summed E-state index contributed by atoms with van der Waals surface area (Å²) < 4.78 is 1.56. The molecule has 3 aromatic rings. The van der Waals surface area contributed by atoms with Crippen molar-refractivity contribution in [2.45, 2.75) is 19.8 Å². The maximum absolute atomic E-state index is 12.7. The Balaban J connectivity index is 1.57. The molecule has 1 aliphatic rings. The summed E-state index contributed by atoms with van der Waals surface area (Å²) in [6, 6.07) is 17.5. The van der Waals surface area contributed by atoms with E-state index in [1.807, 2.05) is 30.3 Å². The fourth-order valence-electron chi connectivity index (χ4n) is 2.99. The van der Waals surface area contributed by atoms with E-state index in [9.17, 15) is 14.4 Å². The van der Waals surface area contributed by atoms with Gasteiger partial charge in [-0.05, 0) is 50.1 Å². The quantitative estimate of drug-likeness (QED) is 0.702.